The topological polar surface area (TPSA) is 126 Å². The molecule has 0 unspecified atom stereocenters. The van der Waals surface area contributed by atoms with Crippen LogP contribution in [0.1, 0.15) is 36.6 Å². The van der Waals surface area contributed by atoms with E-state index in [1.165, 1.54) is 30.6 Å². The van der Waals surface area contributed by atoms with E-state index in [1.807, 2.05) is 72.8 Å². The zero-order valence-corrected chi connectivity index (χ0v) is 32.8. The van der Waals surface area contributed by atoms with Gasteiger partial charge in [-0.25, -0.2) is 9.59 Å². The number of amides is 1. The van der Waals surface area contributed by atoms with Gasteiger partial charge in [0.25, 0.3) is 5.91 Å². The second-order valence-electron chi connectivity index (χ2n) is 13.1. The highest BCUT2D eigenvalue weighted by atomic mass is 16.5. The molecular formula is C50H42N2O7. The summed E-state index contributed by atoms with van der Waals surface area (Å²) in [6, 6.07) is 56.8. The third kappa shape index (κ3) is 11.1. The van der Waals surface area contributed by atoms with Crippen molar-refractivity contribution in [3.05, 3.63) is 204 Å². The molecule has 3 N–H and O–H groups in total. The molecule has 1 amide bonds. The molecule has 0 atom stereocenters. The first-order chi connectivity index (χ1) is 28.7. The molecule has 0 spiro atoms. The number of carbonyl (C=O) groups excluding carboxylic acids is 3. The summed E-state index contributed by atoms with van der Waals surface area (Å²) in [5.74, 6) is 1.85. The highest BCUT2D eigenvalue weighted by Crippen LogP contribution is 2.28. The molecule has 59 heavy (non-hydrogen) atoms. The average molecular weight is 783 g/mol. The van der Waals surface area contributed by atoms with Gasteiger partial charge < -0.3 is 30.0 Å². The molecule has 0 fully saturated rings. The normalized spacial score (nSPS) is 10.2. The van der Waals surface area contributed by atoms with Crippen LogP contribution in [0.5, 0.6) is 23.0 Å². The van der Waals surface area contributed by atoms with Crippen LogP contribution in [0.15, 0.2) is 182 Å². The van der Waals surface area contributed by atoms with Gasteiger partial charge in [-0.2, -0.15) is 0 Å². The molecule has 0 heterocycles. The van der Waals surface area contributed by atoms with Crippen molar-refractivity contribution in [1.82, 2.24) is 0 Å². The van der Waals surface area contributed by atoms with Crippen LogP contribution in [0.3, 0.4) is 0 Å². The molecule has 0 saturated carbocycles. The number of ether oxygens (including phenoxy) is 4. The van der Waals surface area contributed by atoms with Crippen molar-refractivity contribution in [3.63, 3.8) is 0 Å². The van der Waals surface area contributed by atoms with E-state index < -0.39 is 11.9 Å². The number of para-hydroxylation sites is 2. The lowest BCUT2D eigenvalue weighted by molar-refractivity contribution is 0.0593. The molecule has 0 saturated heterocycles. The lowest BCUT2D eigenvalue weighted by Crippen LogP contribution is -2.15. The smallest absolute Gasteiger partial charge is 0.339 e. The molecule has 0 bridgehead atoms. The Hall–Kier alpha value is -7.91. The van der Waals surface area contributed by atoms with Crippen LogP contribution >= 0.6 is 0 Å². The van der Waals surface area contributed by atoms with E-state index in [0.29, 0.717) is 33.8 Å². The first kappa shape index (κ1) is 40.7. The van der Waals surface area contributed by atoms with Crippen molar-refractivity contribution in [1.29, 1.82) is 0 Å². The van der Waals surface area contributed by atoms with Crippen molar-refractivity contribution >= 4 is 50.8 Å². The molecule has 294 valence electrons. The first-order valence-electron chi connectivity index (χ1n) is 18.6. The number of hydrogen-bond donors (Lipinski definition) is 2. The molecule has 8 aromatic rings. The summed E-state index contributed by atoms with van der Waals surface area (Å²) in [7, 11) is 2.63. The molecule has 0 aliphatic heterocycles. The Balaban J connectivity index is 0.000000170. The highest BCUT2D eigenvalue weighted by molar-refractivity contribution is 6.08. The number of fused-ring (bicyclic) bond motifs is 2. The van der Waals surface area contributed by atoms with Crippen molar-refractivity contribution in [2.24, 2.45) is 0 Å². The van der Waals surface area contributed by atoms with Gasteiger partial charge in [0.1, 0.15) is 23.0 Å². The van der Waals surface area contributed by atoms with Crippen LogP contribution in [-0.2, 0) is 9.47 Å². The first-order valence-corrected chi connectivity index (χ1v) is 18.6. The minimum atomic E-state index is -0.509. The molecule has 0 radical (unpaired) electrons. The molecule has 9 heteroatoms. The summed E-state index contributed by atoms with van der Waals surface area (Å²) in [5.41, 5.74) is 8.72. The zero-order chi connectivity index (χ0) is 41.6. The lowest BCUT2D eigenvalue weighted by atomic mass is 10.1. The maximum atomic E-state index is 12.6. The number of aryl methyl sites for hydroxylation is 1. The van der Waals surface area contributed by atoms with Gasteiger partial charge >= 0.3 is 11.9 Å². The fourth-order valence-corrected chi connectivity index (χ4v) is 5.88. The van der Waals surface area contributed by atoms with Crippen LogP contribution in [-0.4, -0.2) is 32.1 Å². The Bertz CT molecular complexity index is 2690. The quantitative estimate of drug-likeness (QED) is 0.115. The number of benzene rings is 8. The Labute approximate surface area is 342 Å². The molecule has 0 aromatic heterocycles. The third-order valence-electron chi connectivity index (χ3n) is 9.00. The monoisotopic (exact) mass is 782 g/mol. The van der Waals surface area contributed by atoms with Gasteiger partial charge in [-0.3, -0.25) is 4.79 Å². The third-order valence-corrected chi connectivity index (χ3v) is 9.00. The maximum absolute atomic E-state index is 12.6. The number of carbonyl (C=O) groups is 3. The Morgan fingerprint density at radius 1 is 0.458 bits per heavy atom. The minimum Gasteiger partial charge on any atom is -0.465 e. The second kappa shape index (κ2) is 19.8. The summed E-state index contributed by atoms with van der Waals surface area (Å²) < 4.78 is 21.0. The number of esters is 2. The standard InChI is InChI=1S/C25H19NO4.C17H14O.C8H9NO2/c1-29-25(28)22-8-4-5-9-23(22)26-24(27)18-11-13-20(14-12-18)30-21-15-10-17-6-2-3-7-19(17)16-21;1-13-6-9-16(10-7-13)18-17-11-8-14-4-2-3-5-15(14)12-17;1-11-8(10)6-4-2-3-5-7(6)9/h2-16H,1H3,(H,26,27);2-12H,1H3;2-5H,9H2,1H3. The molecular weight excluding hydrogens is 741 g/mol. The van der Waals surface area contributed by atoms with Crippen molar-refractivity contribution in [2.45, 2.75) is 6.92 Å². The SMILES string of the molecule is COC(=O)c1ccccc1N.COC(=O)c1ccccc1NC(=O)c1ccc(Oc2ccc3ccccc3c2)cc1.Cc1ccc(Oc2ccc3ccccc3c2)cc1. The van der Waals surface area contributed by atoms with Gasteiger partial charge in [-0.1, -0.05) is 103 Å². The number of nitrogens with two attached hydrogens (primary N) is 1. The zero-order valence-electron chi connectivity index (χ0n) is 32.8. The summed E-state index contributed by atoms with van der Waals surface area (Å²) in [6.45, 7) is 2.07. The molecule has 8 aromatic carbocycles. The summed E-state index contributed by atoms with van der Waals surface area (Å²) in [5, 5.41) is 7.41. The van der Waals surface area contributed by atoms with Crippen molar-refractivity contribution in [2.75, 3.05) is 25.3 Å². The lowest BCUT2D eigenvalue weighted by Gasteiger charge is -2.10. The van der Waals surface area contributed by atoms with E-state index in [2.05, 4.69) is 53.4 Å². The largest absolute Gasteiger partial charge is 0.465 e. The van der Waals surface area contributed by atoms with E-state index in [4.69, 9.17) is 19.9 Å². The number of nitrogens with one attached hydrogen (secondary N) is 1. The minimum absolute atomic E-state index is 0.296. The molecule has 0 aliphatic rings. The fraction of sp³-hybridized carbons (Fsp3) is 0.0600. The number of rotatable bonds is 8. The van der Waals surface area contributed by atoms with Gasteiger partial charge in [0.15, 0.2) is 0 Å². The fourth-order valence-electron chi connectivity index (χ4n) is 5.88. The average Bonchev–Trinajstić information content (AvgIpc) is 3.27. The predicted molar refractivity (Wildman–Crippen MR) is 234 cm³/mol. The van der Waals surface area contributed by atoms with E-state index in [0.717, 1.165) is 28.0 Å². The Morgan fingerprint density at radius 2 is 0.881 bits per heavy atom. The van der Waals surface area contributed by atoms with Gasteiger partial charge in [0, 0.05) is 11.3 Å². The van der Waals surface area contributed by atoms with Crippen LogP contribution in [0.4, 0.5) is 11.4 Å². The maximum Gasteiger partial charge on any atom is 0.339 e. The summed E-state index contributed by atoms with van der Waals surface area (Å²) >= 11 is 0. The van der Waals surface area contributed by atoms with E-state index in [9.17, 15) is 14.4 Å². The predicted octanol–water partition coefficient (Wildman–Crippen LogP) is 11.7. The number of hydrogen-bond acceptors (Lipinski definition) is 8. The second-order valence-corrected chi connectivity index (χ2v) is 13.1. The van der Waals surface area contributed by atoms with Crippen LogP contribution in [0.25, 0.3) is 21.5 Å². The molecule has 8 rings (SSSR count). The van der Waals surface area contributed by atoms with Crippen LogP contribution in [0, 0.1) is 6.92 Å². The number of anilines is 2. The van der Waals surface area contributed by atoms with Crippen LogP contribution in [0.2, 0.25) is 0 Å². The van der Waals surface area contributed by atoms with Crippen molar-refractivity contribution in [3.8, 4) is 23.0 Å². The van der Waals surface area contributed by atoms with Gasteiger partial charge in [-0.05, 0) is 113 Å². The van der Waals surface area contributed by atoms with Crippen molar-refractivity contribution < 1.29 is 33.3 Å². The molecule has 0 aliphatic carbocycles. The van der Waals surface area contributed by atoms with Gasteiger partial charge in [0.2, 0.25) is 0 Å². The van der Waals surface area contributed by atoms with E-state index in [-0.39, 0.29) is 5.91 Å². The summed E-state index contributed by atoms with van der Waals surface area (Å²) in [6.07, 6.45) is 0. The molecule has 9 nitrogen and oxygen atoms in total. The van der Waals surface area contributed by atoms with E-state index >= 15 is 0 Å². The van der Waals surface area contributed by atoms with Gasteiger partial charge in [0.05, 0.1) is 31.0 Å². The Kier molecular flexibility index (Phi) is 13.7. The van der Waals surface area contributed by atoms with E-state index in [1.54, 1.807) is 72.8 Å². The van der Waals surface area contributed by atoms with Gasteiger partial charge in [-0.15, -0.1) is 0 Å². The highest BCUT2D eigenvalue weighted by Gasteiger charge is 2.14. The summed E-state index contributed by atoms with van der Waals surface area (Å²) in [4.78, 5) is 35.4. The number of nitrogen functional groups attached to an aromatic ring is 1. The number of methoxy groups -OCH3 is 2. The Morgan fingerprint density at radius 3 is 1.41 bits per heavy atom. The van der Waals surface area contributed by atoms with Crippen LogP contribution < -0.4 is 20.5 Å².